The first-order valence-corrected chi connectivity index (χ1v) is 6.70. The molecular weight excluding hydrogens is 212 g/mol. The average Bonchev–Trinajstić information content (AvgIpc) is 2.28. The van der Waals surface area contributed by atoms with Crippen LogP contribution in [0, 0.1) is 6.92 Å². The molecule has 0 spiro atoms. The zero-order valence-electron chi connectivity index (χ0n) is 11.0. The lowest BCUT2D eigenvalue weighted by molar-refractivity contribution is 0.426. The number of aromatic amines is 1. The molecule has 1 aromatic heterocycles. The molecule has 3 nitrogen and oxygen atoms in total. The number of hydrogen-bond acceptors (Lipinski definition) is 2. The zero-order chi connectivity index (χ0) is 12.4. The highest BCUT2D eigenvalue weighted by Gasteiger charge is 2.20. The van der Waals surface area contributed by atoms with Gasteiger partial charge in [0.15, 0.2) is 0 Å². The van der Waals surface area contributed by atoms with Crippen LogP contribution in [0.1, 0.15) is 74.9 Å². The van der Waals surface area contributed by atoms with Crippen LogP contribution < -0.4 is 5.56 Å². The maximum absolute atomic E-state index is 12.0. The van der Waals surface area contributed by atoms with E-state index < -0.39 is 0 Å². The molecule has 2 rings (SSSR count). The predicted octanol–water partition coefficient (Wildman–Crippen LogP) is 3.25. The Morgan fingerprint density at radius 1 is 1.24 bits per heavy atom. The number of aryl methyl sites for hydroxylation is 1. The molecule has 1 aliphatic rings. The van der Waals surface area contributed by atoms with Crippen LogP contribution in [-0.2, 0) is 0 Å². The molecule has 0 amide bonds. The highest BCUT2D eigenvalue weighted by Crippen LogP contribution is 2.30. The smallest absolute Gasteiger partial charge is 0.254 e. The van der Waals surface area contributed by atoms with E-state index in [1.54, 1.807) is 0 Å². The van der Waals surface area contributed by atoms with E-state index in [4.69, 9.17) is 0 Å². The molecule has 1 saturated carbocycles. The molecule has 0 aliphatic heterocycles. The summed E-state index contributed by atoms with van der Waals surface area (Å²) >= 11 is 0. The van der Waals surface area contributed by atoms with Gasteiger partial charge < -0.3 is 4.98 Å². The molecule has 1 fully saturated rings. The fourth-order valence-electron chi connectivity index (χ4n) is 2.87. The van der Waals surface area contributed by atoms with E-state index in [1.165, 1.54) is 32.1 Å². The average molecular weight is 234 g/mol. The standard InChI is InChI=1S/C14H22N2O/c1-9(2)12-10(3)15-13(16-14(12)17)11-7-5-4-6-8-11/h9,11H,4-8H2,1-3H3,(H,15,16,17). The Labute approximate surface area is 103 Å². The van der Waals surface area contributed by atoms with Crippen LogP contribution in [0.25, 0.3) is 0 Å². The van der Waals surface area contributed by atoms with E-state index in [2.05, 4.69) is 9.97 Å². The molecule has 17 heavy (non-hydrogen) atoms. The van der Waals surface area contributed by atoms with E-state index in [-0.39, 0.29) is 11.5 Å². The van der Waals surface area contributed by atoms with Crippen LogP contribution in [0.2, 0.25) is 0 Å². The topological polar surface area (TPSA) is 45.8 Å². The first-order chi connectivity index (χ1) is 8.09. The lowest BCUT2D eigenvalue weighted by Crippen LogP contribution is -2.22. The second-order valence-corrected chi connectivity index (χ2v) is 5.44. The summed E-state index contributed by atoms with van der Waals surface area (Å²) < 4.78 is 0. The van der Waals surface area contributed by atoms with E-state index in [9.17, 15) is 4.79 Å². The van der Waals surface area contributed by atoms with Gasteiger partial charge in [-0.05, 0) is 25.7 Å². The van der Waals surface area contributed by atoms with Crippen molar-refractivity contribution in [2.45, 2.75) is 64.7 Å². The van der Waals surface area contributed by atoms with E-state index >= 15 is 0 Å². The summed E-state index contributed by atoms with van der Waals surface area (Å²) in [5.74, 6) is 1.62. The molecule has 1 aromatic rings. The highest BCUT2D eigenvalue weighted by molar-refractivity contribution is 5.21. The van der Waals surface area contributed by atoms with Crippen molar-refractivity contribution in [1.29, 1.82) is 0 Å². The minimum absolute atomic E-state index is 0.0630. The van der Waals surface area contributed by atoms with Gasteiger partial charge in [-0.2, -0.15) is 0 Å². The fourth-order valence-corrected chi connectivity index (χ4v) is 2.87. The molecule has 1 aliphatic carbocycles. The van der Waals surface area contributed by atoms with Gasteiger partial charge in [-0.3, -0.25) is 4.79 Å². The van der Waals surface area contributed by atoms with Crippen LogP contribution >= 0.6 is 0 Å². The normalized spacial score (nSPS) is 17.6. The third-order valence-electron chi connectivity index (χ3n) is 3.73. The number of nitrogens with one attached hydrogen (secondary N) is 1. The molecule has 94 valence electrons. The number of H-pyrrole nitrogens is 1. The van der Waals surface area contributed by atoms with Crippen LogP contribution in [0.3, 0.4) is 0 Å². The molecule has 0 saturated heterocycles. The lowest BCUT2D eigenvalue weighted by Gasteiger charge is -2.21. The second kappa shape index (κ2) is 5.03. The van der Waals surface area contributed by atoms with Gasteiger partial charge in [0.25, 0.3) is 5.56 Å². The minimum Gasteiger partial charge on any atom is -0.310 e. The summed E-state index contributed by atoms with van der Waals surface area (Å²) in [6, 6.07) is 0. The van der Waals surface area contributed by atoms with Crippen LogP contribution in [-0.4, -0.2) is 9.97 Å². The van der Waals surface area contributed by atoms with Gasteiger partial charge in [-0.25, -0.2) is 4.98 Å². The Hall–Kier alpha value is -1.12. The molecule has 0 atom stereocenters. The number of aromatic nitrogens is 2. The van der Waals surface area contributed by atoms with Crippen LogP contribution in [0.4, 0.5) is 0 Å². The monoisotopic (exact) mass is 234 g/mol. The summed E-state index contributed by atoms with van der Waals surface area (Å²) in [5, 5.41) is 0. The molecule has 0 unspecified atom stereocenters. The van der Waals surface area contributed by atoms with Crippen molar-refractivity contribution in [3.63, 3.8) is 0 Å². The molecule has 0 bridgehead atoms. The number of nitrogens with zero attached hydrogens (tertiary/aromatic N) is 1. The van der Waals surface area contributed by atoms with Gasteiger partial charge in [0.05, 0.1) is 0 Å². The van der Waals surface area contributed by atoms with E-state index in [0.717, 1.165) is 17.1 Å². The largest absolute Gasteiger partial charge is 0.310 e. The maximum Gasteiger partial charge on any atom is 0.254 e. The van der Waals surface area contributed by atoms with Gasteiger partial charge in [-0.1, -0.05) is 33.1 Å². The van der Waals surface area contributed by atoms with Crippen molar-refractivity contribution in [3.8, 4) is 0 Å². The number of rotatable bonds is 2. The van der Waals surface area contributed by atoms with Crippen molar-refractivity contribution < 1.29 is 0 Å². The van der Waals surface area contributed by atoms with Crippen molar-refractivity contribution in [1.82, 2.24) is 9.97 Å². The third kappa shape index (κ3) is 2.59. The second-order valence-electron chi connectivity index (χ2n) is 5.44. The Kier molecular flexibility index (Phi) is 3.65. The van der Waals surface area contributed by atoms with Crippen molar-refractivity contribution in [3.05, 3.63) is 27.4 Å². The summed E-state index contributed by atoms with van der Waals surface area (Å²) in [6.07, 6.45) is 6.19. The van der Waals surface area contributed by atoms with Crippen LogP contribution in [0.15, 0.2) is 4.79 Å². The van der Waals surface area contributed by atoms with Crippen molar-refractivity contribution in [2.75, 3.05) is 0 Å². The minimum atomic E-state index is 0.0630. The van der Waals surface area contributed by atoms with E-state index in [1.807, 2.05) is 20.8 Å². The Balaban J connectivity index is 2.34. The summed E-state index contributed by atoms with van der Waals surface area (Å²) in [5.41, 5.74) is 1.81. The first kappa shape index (κ1) is 12.3. The van der Waals surface area contributed by atoms with Crippen molar-refractivity contribution >= 4 is 0 Å². The summed E-state index contributed by atoms with van der Waals surface area (Å²) in [4.78, 5) is 19.7. The zero-order valence-corrected chi connectivity index (χ0v) is 11.0. The maximum atomic E-state index is 12.0. The number of hydrogen-bond donors (Lipinski definition) is 1. The summed E-state index contributed by atoms with van der Waals surface area (Å²) in [7, 11) is 0. The first-order valence-electron chi connectivity index (χ1n) is 6.70. The Morgan fingerprint density at radius 2 is 1.88 bits per heavy atom. The molecule has 1 heterocycles. The molecule has 1 N–H and O–H groups in total. The van der Waals surface area contributed by atoms with Gasteiger partial charge >= 0.3 is 0 Å². The SMILES string of the molecule is Cc1nc(C2CCCCC2)[nH]c(=O)c1C(C)C. The van der Waals surface area contributed by atoms with Gasteiger partial charge in [-0.15, -0.1) is 0 Å². The van der Waals surface area contributed by atoms with Crippen molar-refractivity contribution in [2.24, 2.45) is 0 Å². The van der Waals surface area contributed by atoms with E-state index in [0.29, 0.717) is 5.92 Å². The van der Waals surface area contributed by atoms with Gasteiger partial charge in [0.2, 0.25) is 0 Å². The predicted molar refractivity (Wildman–Crippen MR) is 69.5 cm³/mol. The molecule has 0 radical (unpaired) electrons. The Morgan fingerprint density at radius 3 is 2.41 bits per heavy atom. The molecular formula is C14H22N2O. The molecule has 0 aromatic carbocycles. The third-order valence-corrected chi connectivity index (χ3v) is 3.73. The molecule has 3 heteroatoms. The fraction of sp³-hybridized carbons (Fsp3) is 0.714. The van der Waals surface area contributed by atoms with Crippen LogP contribution in [0.5, 0.6) is 0 Å². The summed E-state index contributed by atoms with van der Waals surface area (Å²) in [6.45, 7) is 6.04. The van der Waals surface area contributed by atoms with Gasteiger partial charge in [0, 0.05) is 17.2 Å². The highest BCUT2D eigenvalue weighted by atomic mass is 16.1. The lowest BCUT2D eigenvalue weighted by atomic mass is 9.88. The Bertz CT molecular complexity index is 442. The quantitative estimate of drug-likeness (QED) is 0.853. The van der Waals surface area contributed by atoms with Gasteiger partial charge in [0.1, 0.15) is 5.82 Å².